The van der Waals surface area contributed by atoms with Crippen LogP contribution in [0.25, 0.3) is 0 Å². The van der Waals surface area contributed by atoms with Gasteiger partial charge >= 0.3 is 0 Å². The first-order chi connectivity index (χ1) is 8.49. The lowest BCUT2D eigenvalue weighted by Crippen LogP contribution is -2.29. The van der Waals surface area contributed by atoms with Crippen LogP contribution in [0, 0.1) is 23.6 Å². The molecule has 1 aromatic carbocycles. The van der Waals surface area contributed by atoms with Crippen molar-refractivity contribution in [1.29, 1.82) is 0 Å². The van der Waals surface area contributed by atoms with E-state index in [0.29, 0.717) is 11.8 Å². The van der Waals surface area contributed by atoms with Crippen LogP contribution in [0.15, 0.2) is 18.2 Å². The predicted molar refractivity (Wildman–Crippen MR) is 74.0 cm³/mol. The van der Waals surface area contributed by atoms with Gasteiger partial charge in [-0.05, 0) is 48.3 Å². The van der Waals surface area contributed by atoms with Gasteiger partial charge in [-0.2, -0.15) is 0 Å². The van der Waals surface area contributed by atoms with Crippen LogP contribution in [-0.2, 0) is 0 Å². The second kappa shape index (κ2) is 5.58. The molecule has 1 aliphatic carbocycles. The molecule has 0 aromatic heterocycles. The zero-order valence-corrected chi connectivity index (χ0v) is 11.8. The zero-order valence-electron chi connectivity index (χ0n) is 11.0. The second-order valence-electron chi connectivity index (χ2n) is 5.73. The average Bonchev–Trinajstić information content (AvgIpc) is 2.35. The first-order valence-electron chi connectivity index (χ1n) is 6.69. The van der Waals surface area contributed by atoms with Gasteiger partial charge in [0.1, 0.15) is 5.82 Å². The molecule has 4 atom stereocenters. The molecular weight excluding hydrogens is 249 g/mol. The Kier molecular flexibility index (Phi) is 4.29. The van der Waals surface area contributed by atoms with Gasteiger partial charge in [-0.15, -0.1) is 0 Å². The van der Waals surface area contributed by atoms with Gasteiger partial charge in [0.25, 0.3) is 0 Å². The summed E-state index contributed by atoms with van der Waals surface area (Å²) in [6.07, 6.45) is 3.54. The Labute approximate surface area is 114 Å². The standard InChI is InChI=1S/C15H21ClFN/c1-9-3-4-11(7-10(9)2)15(18)12-5-6-14(17)13(16)8-12/h5-6,8-11,15H,3-4,7,18H2,1-2H3. The van der Waals surface area contributed by atoms with E-state index in [1.807, 2.05) is 0 Å². The maximum Gasteiger partial charge on any atom is 0.141 e. The van der Waals surface area contributed by atoms with Crippen LogP contribution in [0.1, 0.15) is 44.7 Å². The van der Waals surface area contributed by atoms with Crippen LogP contribution < -0.4 is 5.73 Å². The van der Waals surface area contributed by atoms with Crippen LogP contribution in [-0.4, -0.2) is 0 Å². The molecule has 1 nitrogen and oxygen atoms in total. The molecule has 0 amide bonds. The first kappa shape index (κ1) is 13.8. The minimum Gasteiger partial charge on any atom is -0.324 e. The smallest absolute Gasteiger partial charge is 0.141 e. The van der Waals surface area contributed by atoms with Gasteiger partial charge in [-0.25, -0.2) is 4.39 Å². The van der Waals surface area contributed by atoms with E-state index in [1.54, 1.807) is 12.1 Å². The molecule has 0 aliphatic heterocycles. The summed E-state index contributed by atoms with van der Waals surface area (Å²) in [7, 11) is 0. The van der Waals surface area contributed by atoms with E-state index in [4.69, 9.17) is 17.3 Å². The van der Waals surface area contributed by atoms with Gasteiger partial charge in [-0.3, -0.25) is 0 Å². The zero-order chi connectivity index (χ0) is 13.3. The second-order valence-corrected chi connectivity index (χ2v) is 6.13. The Hall–Kier alpha value is -0.600. The van der Waals surface area contributed by atoms with Crippen molar-refractivity contribution in [3.8, 4) is 0 Å². The molecule has 1 saturated carbocycles. The normalized spacial score (nSPS) is 30.2. The fourth-order valence-corrected chi connectivity index (χ4v) is 3.10. The lowest BCUT2D eigenvalue weighted by atomic mass is 9.72. The van der Waals surface area contributed by atoms with Crippen LogP contribution >= 0.6 is 11.6 Å². The summed E-state index contributed by atoms with van der Waals surface area (Å²) >= 11 is 5.82. The summed E-state index contributed by atoms with van der Waals surface area (Å²) in [5.74, 6) is 1.60. The third kappa shape index (κ3) is 2.86. The Morgan fingerprint density at radius 3 is 2.61 bits per heavy atom. The van der Waals surface area contributed by atoms with Crippen LogP contribution in [0.2, 0.25) is 5.02 Å². The fraction of sp³-hybridized carbons (Fsp3) is 0.600. The maximum absolute atomic E-state index is 13.1. The summed E-state index contributed by atoms with van der Waals surface area (Å²) in [6.45, 7) is 4.60. The molecule has 0 bridgehead atoms. The molecule has 3 heteroatoms. The molecule has 0 heterocycles. The van der Waals surface area contributed by atoms with Gasteiger partial charge in [0.05, 0.1) is 5.02 Å². The van der Waals surface area contributed by atoms with Crippen LogP contribution in [0.5, 0.6) is 0 Å². The third-order valence-corrected chi connectivity index (χ3v) is 4.76. The highest BCUT2D eigenvalue weighted by Gasteiger charge is 2.29. The third-order valence-electron chi connectivity index (χ3n) is 4.48. The van der Waals surface area contributed by atoms with E-state index in [2.05, 4.69) is 13.8 Å². The van der Waals surface area contributed by atoms with Crippen molar-refractivity contribution in [2.75, 3.05) is 0 Å². The average molecular weight is 270 g/mol. The summed E-state index contributed by atoms with van der Waals surface area (Å²) in [6, 6.07) is 4.81. The predicted octanol–water partition coefficient (Wildman–Crippen LogP) is 4.55. The molecule has 4 unspecified atom stereocenters. The summed E-state index contributed by atoms with van der Waals surface area (Å²) in [4.78, 5) is 0. The molecular formula is C15H21ClFN. The minimum absolute atomic E-state index is 0.0296. The van der Waals surface area contributed by atoms with E-state index in [-0.39, 0.29) is 16.9 Å². The Balaban J connectivity index is 2.11. The molecule has 100 valence electrons. The number of halogens is 2. The van der Waals surface area contributed by atoms with Crippen molar-refractivity contribution in [2.45, 2.75) is 39.2 Å². The lowest BCUT2D eigenvalue weighted by Gasteiger charge is -2.35. The first-order valence-corrected chi connectivity index (χ1v) is 7.07. The highest BCUT2D eigenvalue weighted by atomic mass is 35.5. The highest BCUT2D eigenvalue weighted by Crippen LogP contribution is 2.39. The molecule has 1 aromatic rings. The fourth-order valence-electron chi connectivity index (χ4n) is 2.91. The van der Waals surface area contributed by atoms with Crippen molar-refractivity contribution >= 4 is 11.6 Å². The summed E-state index contributed by atoms with van der Waals surface area (Å²) < 4.78 is 13.1. The lowest BCUT2D eigenvalue weighted by molar-refractivity contribution is 0.186. The Bertz CT molecular complexity index is 421. The molecule has 0 saturated heterocycles. The monoisotopic (exact) mass is 269 g/mol. The Morgan fingerprint density at radius 1 is 1.28 bits per heavy atom. The minimum atomic E-state index is -0.377. The van der Waals surface area contributed by atoms with Gasteiger partial charge in [0.15, 0.2) is 0 Å². The van der Waals surface area contributed by atoms with E-state index in [0.717, 1.165) is 24.3 Å². The largest absolute Gasteiger partial charge is 0.324 e. The number of nitrogens with two attached hydrogens (primary N) is 1. The molecule has 1 fully saturated rings. The molecule has 0 radical (unpaired) electrons. The summed E-state index contributed by atoms with van der Waals surface area (Å²) in [5.41, 5.74) is 7.27. The van der Waals surface area contributed by atoms with E-state index in [1.165, 1.54) is 12.5 Å². The van der Waals surface area contributed by atoms with Crippen molar-refractivity contribution in [3.05, 3.63) is 34.6 Å². The van der Waals surface area contributed by atoms with Crippen molar-refractivity contribution in [1.82, 2.24) is 0 Å². The van der Waals surface area contributed by atoms with E-state index >= 15 is 0 Å². The molecule has 1 aliphatic rings. The Morgan fingerprint density at radius 2 is 2.00 bits per heavy atom. The van der Waals surface area contributed by atoms with E-state index in [9.17, 15) is 4.39 Å². The maximum atomic E-state index is 13.1. The van der Waals surface area contributed by atoms with Gasteiger partial charge in [0, 0.05) is 6.04 Å². The number of rotatable bonds is 2. The number of hydrogen-bond donors (Lipinski definition) is 1. The van der Waals surface area contributed by atoms with Crippen molar-refractivity contribution < 1.29 is 4.39 Å². The van der Waals surface area contributed by atoms with Crippen molar-refractivity contribution in [2.24, 2.45) is 23.5 Å². The molecule has 2 N–H and O–H groups in total. The molecule has 2 rings (SSSR count). The SMILES string of the molecule is CC1CCC(C(N)c2ccc(F)c(Cl)c2)CC1C. The van der Waals surface area contributed by atoms with Gasteiger partial charge in [-0.1, -0.05) is 37.9 Å². The molecule has 18 heavy (non-hydrogen) atoms. The van der Waals surface area contributed by atoms with E-state index < -0.39 is 0 Å². The number of hydrogen-bond acceptors (Lipinski definition) is 1. The van der Waals surface area contributed by atoms with Crippen LogP contribution in [0.4, 0.5) is 4.39 Å². The quantitative estimate of drug-likeness (QED) is 0.837. The van der Waals surface area contributed by atoms with Gasteiger partial charge < -0.3 is 5.73 Å². The highest BCUT2D eigenvalue weighted by molar-refractivity contribution is 6.30. The number of benzene rings is 1. The summed E-state index contributed by atoms with van der Waals surface area (Å²) in [5, 5.41) is 0.167. The van der Waals surface area contributed by atoms with Crippen LogP contribution in [0.3, 0.4) is 0 Å². The van der Waals surface area contributed by atoms with Gasteiger partial charge in [0.2, 0.25) is 0 Å². The topological polar surface area (TPSA) is 26.0 Å². The molecule has 0 spiro atoms. The van der Waals surface area contributed by atoms with Crippen molar-refractivity contribution in [3.63, 3.8) is 0 Å².